The molecule has 0 radical (unpaired) electrons. The van der Waals surface area contributed by atoms with Gasteiger partial charge in [-0.25, -0.2) is 10.9 Å². The van der Waals surface area contributed by atoms with Gasteiger partial charge in [-0.15, -0.1) is 0 Å². The molecule has 0 bridgehead atoms. The monoisotopic (exact) mass is 407 g/mol. The van der Waals surface area contributed by atoms with Gasteiger partial charge in [0.1, 0.15) is 5.75 Å². The molecule has 7 heteroatoms. The molecule has 0 spiro atoms. The molecule has 1 amide bonds. The van der Waals surface area contributed by atoms with Crippen LogP contribution in [0.15, 0.2) is 48.5 Å². The zero-order chi connectivity index (χ0) is 21.3. The Morgan fingerprint density at radius 1 is 1.20 bits per heavy atom. The van der Waals surface area contributed by atoms with Crippen molar-refractivity contribution < 1.29 is 9.53 Å². The third kappa shape index (κ3) is 3.74. The maximum absolute atomic E-state index is 12.7. The van der Waals surface area contributed by atoms with Crippen LogP contribution in [-0.4, -0.2) is 37.8 Å². The molecule has 1 fully saturated rings. The highest BCUT2D eigenvalue weighted by Gasteiger charge is 2.29. The summed E-state index contributed by atoms with van der Waals surface area (Å²) in [6, 6.07) is 16.0. The number of hydrazine groups is 1. The predicted molar refractivity (Wildman–Crippen MR) is 120 cm³/mol. The quantitative estimate of drug-likeness (QED) is 0.586. The number of ether oxygens (including phenoxy) is 1. The predicted octanol–water partition coefficient (Wildman–Crippen LogP) is 3.03. The van der Waals surface area contributed by atoms with Gasteiger partial charge in [0.2, 0.25) is 0 Å². The summed E-state index contributed by atoms with van der Waals surface area (Å²) in [5.74, 6) is 0.788. The second-order valence-corrected chi connectivity index (χ2v) is 7.75. The van der Waals surface area contributed by atoms with E-state index < -0.39 is 0 Å². The SMILES string of the molecule is CCn1c(C2CC(NC(=O)c3ccc(N(C)C)cc3)NN2)cc2c(OC)cccc21. The van der Waals surface area contributed by atoms with Crippen LogP contribution in [0.25, 0.3) is 10.9 Å². The first-order valence-electron chi connectivity index (χ1n) is 10.3. The number of nitrogens with zero attached hydrogens (tertiary/aromatic N) is 2. The molecule has 7 nitrogen and oxygen atoms in total. The number of fused-ring (bicyclic) bond motifs is 1. The van der Waals surface area contributed by atoms with Crippen molar-refractivity contribution in [3.63, 3.8) is 0 Å². The van der Waals surface area contributed by atoms with E-state index in [-0.39, 0.29) is 18.1 Å². The Labute approximate surface area is 177 Å². The molecule has 1 aromatic heterocycles. The van der Waals surface area contributed by atoms with Crippen LogP contribution in [0.4, 0.5) is 5.69 Å². The fourth-order valence-corrected chi connectivity index (χ4v) is 4.09. The summed E-state index contributed by atoms with van der Waals surface area (Å²) in [7, 11) is 5.66. The summed E-state index contributed by atoms with van der Waals surface area (Å²) < 4.78 is 7.83. The Hall–Kier alpha value is -3.03. The third-order valence-corrected chi connectivity index (χ3v) is 5.69. The lowest BCUT2D eigenvalue weighted by molar-refractivity contribution is 0.0932. The lowest BCUT2D eigenvalue weighted by atomic mass is 10.1. The van der Waals surface area contributed by atoms with Crippen molar-refractivity contribution in [3.8, 4) is 5.75 Å². The van der Waals surface area contributed by atoms with Crippen LogP contribution in [0.2, 0.25) is 0 Å². The van der Waals surface area contributed by atoms with Crippen LogP contribution in [0.3, 0.4) is 0 Å². The zero-order valence-corrected chi connectivity index (χ0v) is 17.9. The molecule has 2 aromatic carbocycles. The van der Waals surface area contributed by atoms with Crippen molar-refractivity contribution >= 4 is 22.5 Å². The molecule has 0 aliphatic carbocycles. The minimum atomic E-state index is -0.152. The Morgan fingerprint density at radius 3 is 2.63 bits per heavy atom. The van der Waals surface area contributed by atoms with Crippen LogP contribution in [0.5, 0.6) is 5.75 Å². The van der Waals surface area contributed by atoms with Gasteiger partial charge in [0.15, 0.2) is 0 Å². The minimum absolute atomic E-state index is 0.0852. The van der Waals surface area contributed by atoms with Crippen molar-refractivity contribution in [2.75, 3.05) is 26.1 Å². The molecule has 1 aliphatic rings. The van der Waals surface area contributed by atoms with Gasteiger partial charge < -0.3 is 19.5 Å². The number of amides is 1. The van der Waals surface area contributed by atoms with Gasteiger partial charge in [0.05, 0.1) is 24.8 Å². The van der Waals surface area contributed by atoms with Gasteiger partial charge in [-0.1, -0.05) is 6.07 Å². The lowest BCUT2D eigenvalue weighted by Crippen LogP contribution is -2.44. The molecule has 2 heterocycles. The molecule has 2 atom stereocenters. The Kier molecular flexibility index (Phi) is 5.65. The molecule has 3 aromatic rings. The molecule has 158 valence electrons. The van der Waals surface area contributed by atoms with E-state index in [1.165, 1.54) is 5.69 Å². The first kappa shape index (κ1) is 20.3. The number of carbonyl (C=O) groups is 1. The average molecular weight is 408 g/mol. The maximum atomic E-state index is 12.7. The highest BCUT2D eigenvalue weighted by atomic mass is 16.5. The first-order chi connectivity index (χ1) is 14.5. The zero-order valence-electron chi connectivity index (χ0n) is 17.9. The molecule has 3 N–H and O–H groups in total. The third-order valence-electron chi connectivity index (χ3n) is 5.69. The van der Waals surface area contributed by atoms with E-state index in [2.05, 4.69) is 39.8 Å². The maximum Gasteiger partial charge on any atom is 0.252 e. The molecule has 1 aliphatic heterocycles. The number of rotatable bonds is 6. The second-order valence-electron chi connectivity index (χ2n) is 7.75. The summed E-state index contributed by atoms with van der Waals surface area (Å²) >= 11 is 0. The summed E-state index contributed by atoms with van der Waals surface area (Å²) in [5, 5.41) is 4.18. The van der Waals surface area contributed by atoms with Crippen LogP contribution in [0.1, 0.15) is 35.4 Å². The number of anilines is 1. The fourth-order valence-electron chi connectivity index (χ4n) is 4.09. The molecule has 4 rings (SSSR count). The van der Waals surface area contributed by atoms with Crippen LogP contribution in [-0.2, 0) is 6.54 Å². The van der Waals surface area contributed by atoms with Gasteiger partial charge >= 0.3 is 0 Å². The fraction of sp³-hybridized carbons (Fsp3) is 0.348. The Morgan fingerprint density at radius 2 is 1.97 bits per heavy atom. The lowest BCUT2D eigenvalue weighted by Gasteiger charge is -2.15. The number of aryl methyl sites for hydroxylation is 1. The Bertz CT molecular complexity index is 1040. The highest BCUT2D eigenvalue weighted by molar-refractivity contribution is 5.94. The topological polar surface area (TPSA) is 70.6 Å². The number of nitrogens with one attached hydrogen (secondary N) is 3. The van der Waals surface area contributed by atoms with Gasteiger partial charge in [0.25, 0.3) is 5.91 Å². The average Bonchev–Trinajstić information content (AvgIpc) is 3.37. The molecule has 30 heavy (non-hydrogen) atoms. The molecular weight excluding hydrogens is 378 g/mol. The van der Waals surface area contributed by atoms with Crippen molar-refractivity contribution in [2.45, 2.75) is 32.1 Å². The first-order valence-corrected chi connectivity index (χ1v) is 10.3. The van der Waals surface area contributed by atoms with Gasteiger partial charge in [0, 0.05) is 49.4 Å². The van der Waals surface area contributed by atoms with E-state index in [0.717, 1.165) is 35.3 Å². The minimum Gasteiger partial charge on any atom is -0.496 e. The standard InChI is InChI=1S/C23H29N5O2/c1-5-28-19-7-6-8-21(30-4)17(19)13-20(28)18-14-22(26-25-18)24-23(29)15-9-11-16(12-10-15)27(2)3/h6-13,18,22,25-26H,5,14H2,1-4H3,(H,24,29). The van der Waals surface area contributed by atoms with Crippen molar-refractivity contribution in [1.82, 2.24) is 20.7 Å². The van der Waals surface area contributed by atoms with Crippen molar-refractivity contribution in [1.29, 1.82) is 0 Å². The van der Waals surface area contributed by atoms with Gasteiger partial charge in [-0.3, -0.25) is 4.79 Å². The van der Waals surface area contributed by atoms with Crippen LogP contribution >= 0.6 is 0 Å². The number of hydrogen-bond donors (Lipinski definition) is 3. The van der Waals surface area contributed by atoms with Crippen LogP contribution < -0.4 is 25.8 Å². The number of benzene rings is 2. The van der Waals surface area contributed by atoms with E-state index in [0.29, 0.717) is 5.56 Å². The smallest absolute Gasteiger partial charge is 0.252 e. The number of hydrogen-bond acceptors (Lipinski definition) is 5. The van der Waals surface area contributed by atoms with E-state index >= 15 is 0 Å². The van der Waals surface area contributed by atoms with Crippen LogP contribution in [0, 0.1) is 0 Å². The number of carbonyl (C=O) groups excluding carboxylic acids is 1. The highest BCUT2D eigenvalue weighted by Crippen LogP contribution is 2.33. The largest absolute Gasteiger partial charge is 0.496 e. The van der Waals surface area contributed by atoms with E-state index in [1.807, 2.05) is 55.4 Å². The summed E-state index contributed by atoms with van der Waals surface area (Å²) in [5.41, 5.74) is 10.6. The van der Waals surface area contributed by atoms with E-state index in [1.54, 1.807) is 7.11 Å². The summed E-state index contributed by atoms with van der Waals surface area (Å²) in [4.78, 5) is 14.7. The van der Waals surface area contributed by atoms with Gasteiger partial charge in [-0.05, 0) is 49.4 Å². The van der Waals surface area contributed by atoms with Crippen molar-refractivity contribution in [3.05, 3.63) is 59.8 Å². The number of methoxy groups -OCH3 is 1. The van der Waals surface area contributed by atoms with Gasteiger partial charge in [-0.2, -0.15) is 0 Å². The summed E-state index contributed by atoms with van der Waals surface area (Å²) in [6.07, 6.45) is 0.599. The molecule has 2 unspecified atom stereocenters. The molecular formula is C23H29N5O2. The normalized spacial score (nSPS) is 18.5. The molecule has 1 saturated heterocycles. The van der Waals surface area contributed by atoms with E-state index in [9.17, 15) is 4.79 Å². The second kappa shape index (κ2) is 8.38. The molecule has 0 saturated carbocycles. The number of aromatic nitrogens is 1. The Balaban J connectivity index is 1.49. The van der Waals surface area contributed by atoms with Crippen molar-refractivity contribution in [2.24, 2.45) is 0 Å². The van der Waals surface area contributed by atoms with E-state index in [4.69, 9.17) is 4.74 Å². The summed E-state index contributed by atoms with van der Waals surface area (Å²) in [6.45, 7) is 3.00.